The first-order chi connectivity index (χ1) is 8.49. The van der Waals surface area contributed by atoms with E-state index >= 15 is 0 Å². The molecule has 0 saturated heterocycles. The van der Waals surface area contributed by atoms with Crippen LogP contribution < -0.4 is 5.32 Å². The molecule has 0 saturated carbocycles. The van der Waals surface area contributed by atoms with Gasteiger partial charge in [0.1, 0.15) is 5.75 Å². The maximum absolute atomic E-state index is 11.7. The number of aromatic hydroxyl groups is 1. The lowest BCUT2D eigenvalue weighted by Crippen LogP contribution is -2.34. The van der Waals surface area contributed by atoms with Crippen molar-refractivity contribution in [2.24, 2.45) is 0 Å². The van der Waals surface area contributed by atoms with Crippen LogP contribution in [0.4, 0.5) is 0 Å². The molecular formula is C13H19NO3S. The minimum Gasteiger partial charge on any atom is -0.508 e. The minimum atomic E-state index is -0.834. The standard InChI is InChI=1S/C13H19NO3S/c1-10(7-8-18(2)17)14-13(16)9-11-5-3-4-6-12(11)15/h3-6,10,15H,7-9H2,1-2H3,(H,14,16). The maximum atomic E-state index is 11.7. The second kappa shape index (κ2) is 7.16. The summed E-state index contributed by atoms with van der Waals surface area (Å²) in [6.07, 6.45) is 2.50. The molecule has 5 heteroatoms. The van der Waals surface area contributed by atoms with Crippen LogP contribution in [-0.4, -0.2) is 33.3 Å². The third kappa shape index (κ3) is 5.31. The predicted molar refractivity (Wildman–Crippen MR) is 73.0 cm³/mol. The van der Waals surface area contributed by atoms with Crippen molar-refractivity contribution in [1.82, 2.24) is 5.32 Å². The van der Waals surface area contributed by atoms with E-state index in [1.807, 2.05) is 6.92 Å². The number of rotatable bonds is 6. The van der Waals surface area contributed by atoms with Gasteiger partial charge in [-0.05, 0) is 19.4 Å². The summed E-state index contributed by atoms with van der Waals surface area (Å²) in [5.74, 6) is 0.582. The predicted octanol–water partition coefficient (Wildman–Crippen LogP) is 1.21. The van der Waals surface area contributed by atoms with Crippen molar-refractivity contribution in [2.45, 2.75) is 25.8 Å². The third-order valence-corrected chi connectivity index (χ3v) is 3.40. The van der Waals surface area contributed by atoms with Crippen LogP contribution in [0.1, 0.15) is 18.9 Å². The van der Waals surface area contributed by atoms with Gasteiger partial charge in [0.15, 0.2) is 0 Å². The summed E-state index contributed by atoms with van der Waals surface area (Å²) >= 11 is 0. The summed E-state index contributed by atoms with van der Waals surface area (Å²) in [5, 5.41) is 12.4. The van der Waals surface area contributed by atoms with Crippen LogP contribution >= 0.6 is 0 Å². The van der Waals surface area contributed by atoms with Crippen LogP contribution in [0.25, 0.3) is 0 Å². The number of carbonyl (C=O) groups excluding carboxylic acids is 1. The van der Waals surface area contributed by atoms with Gasteiger partial charge in [0.2, 0.25) is 5.91 Å². The van der Waals surface area contributed by atoms with E-state index in [4.69, 9.17) is 0 Å². The molecule has 0 aliphatic heterocycles. The first kappa shape index (κ1) is 14.7. The van der Waals surface area contributed by atoms with Gasteiger partial charge in [-0.15, -0.1) is 0 Å². The Bertz CT molecular complexity index is 434. The van der Waals surface area contributed by atoms with E-state index in [0.717, 1.165) is 0 Å². The second-order valence-corrected chi connectivity index (χ2v) is 5.89. The van der Waals surface area contributed by atoms with Crippen molar-refractivity contribution in [3.05, 3.63) is 29.8 Å². The average Bonchev–Trinajstić information content (AvgIpc) is 2.29. The monoisotopic (exact) mass is 269 g/mol. The summed E-state index contributed by atoms with van der Waals surface area (Å²) < 4.78 is 10.9. The molecule has 1 amide bonds. The van der Waals surface area contributed by atoms with Gasteiger partial charge >= 0.3 is 0 Å². The maximum Gasteiger partial charge on any atom is 0.224 e. The Kier molecular flexibility index (Phi) is 5.85. The number of hydrogen-bond acceptors (Lipinski definition) is 3. The number of amides is 1. The molecule has 0 heterocycles. The van der Waals surface area contributed by atoms with E-state index in [1.165, 1.54) is 0 Å². The molecule has 0 radical (unpaired) electrons. The number of phenols is 1. The van der Waals surface area contributed by atoms with E-state index in [1.54, 1.807) is 30.5 Å². The van der Waals surface area contributed by atoms with Gasteiger partial charge in [0, 0.05) is 34.4 Å². The Labute approximate surface area is 110 Å². The van der Waals surface area contributed by atoms with Crippen molar-refractivity contribution in [3.63, 3.8) is 0 Å². The fraction of sp³-hybridized carbons (Fsp3) is 0.462. The number of benzene rings is 1. The number of hydrogen-bond donors (Lipinski definition) is 2. The Morgan fingerprint density at radius 3 is 2.72 bits per heavy atom. The van der Waals surface area contributed by atoms with Crippen LogP contribution in [0, 0.1) is 0 Å². The van der Waals surface area contributed by atoms with Crippen molar-refractivity contribution in [2.75, 3.05) is 12.0 Å². The molecule has 18 heavy (non-hydrogen) atoms. The van der Waals surface area contributed by atoms with Gasteiger partial charge in [-0.1, -0.05) is 18.2 Å². The molecule has 1 aromatic carbocycles. The normalized spacial score (nSPS) is 13.9. The van der Waals surface area contributed by atoms with Crippen molar-refractivity contribution in [1.29, 1.82) is 0 Å². The van der Waals surface area contributed by atoms with Gasteiger partial charge in [-0.2, -0.15) is 0 Å². The van der Waals surface area contributed by atoms with Gasteiger partial charge in [-0.25, -0.2) is 0 Å². The molecule has 0 fully saturated rings. The lowest BCUT2D eigenvalue weighted by Gasteiger charge is -2.13. The number of phenolic OH excluding ortho intramolecular Hbond substituents is 1. The summed E-state index contributed by atoms with van der Waals surface area (Å²) in [5.41, 5.74) is 0.612. The van der Waals surface area contributed by atoms with Crippen molar-refractivity contribution < 1.29 is 14.1 Å². The summed E-state index contributed by atoms with van der Waals surface area (Å²) in [4.78, 5) is 11.7. The van der Waals surface area contributed by atoms with Crippen LogP contribution in [0.3, 0.4) is 0 Å². The molecule has 0 aliphatic rings. The molecule has 2 unspecified atom stereocenters. The number of nitrogens with one attached hydrogen (secondary N) is 1. The van der Waals surface area contributed by atoms with Gasteiger partial charge < -0.3 is 10.4 Å². The molecule has 0 spiro atoms. The molecular weight excluding hydrogens is 250 g/mol. The Balaban J connectivity index is 2.42. The lowest BCUT2D eigenvalue weighted by atomic mass is 10.1. The second-order valence-electron chi connectivity index (χ2n) is 4.34. The smallest absolute Gasteiger partial charge is 0.224 e. The van der Waals surface area contributed by atoms with E-state index in [2.05, 4.69) is 5.32 Å². The van der Waals surface area contributed by atoms with E-state index in [0.29, 0.717) is 17.7 Å². The highest BCUT2D eigenvalue weighted by molar-refractivity contribution is 7.84. The highest BCUT2D eigenvalue weighted by Gasteiger charge is 2.10. The molecule has 2 atom stereocenters. The minimum absolute atomic E-state index is 0.00717. The largest absolute Gasteiger partial charge is 0.508 e. The fourth-order valence-electron chi connectivity index (χ4n) is 1.57. The Hall–Kier alpha value is -1.36. The van der Waals surface area contributed by atoms with E-state index in [-0.39, 0.29) is 24.1 Å². The van der Waals surface area contributed by atoms with Gasteiger partial charge in [0.05, 0.1) is 6.42 Å². The first-order valence-electron chi connectivity index (χ1n) is 5.85. The topological polar surface area (TPSA) is 66.4 Å². The zero-order valence-electron chi connectivity index (χ0n) is 10.7. The summed E-state index contributed by atoms with van der Waals surface area (Å²) in [7, 11) is -0.834. The zero-order chi connectivity index (χ0) is 13.5. The molecule has 0 aromatic heterocycles. The van der Waals surface area contributed by atoms with Crippen LogP contribution in [0.2, 0.25) is 0 Å². The Morgan fingerprint density at radius 1 is 1.44 bits per heavy atom. The fourth-order valence-corrected chi connectivity index (χ4v) is 2.26. The molecule has 0 bridgehead atoms. The molecule has 0 aliphatic carbocycles. The van der Waals surface area contributed by atoms with Crippen LogP contribution in [0.15, 0.2) is 24.3 Å². The van der Waals surface area contributed by atoms with Gasteiger partial charge in [-0.3, -0.25) is 9.00 Å². The third-order valence-electron chi connectivity index (χ3n) is 2.59. The average molecular weight is 269 g/mol. The SMILES string of the molecule is CC(CCS(C)=O)NC(=O)Cc1ccccc1O. The van der Waals surface area contributed by atoms with Crippen molar-refractivity contribution >= 4 is 16.7 Å². The highest BCUT2D eigenvalue weighted by Crippen LogP contribution is 2.15. The highest BCUT2D eigenvalue weighted by atomic mass is 32.2. The summed E-state index contributed by atoms with van der Waals surface area (Å²) in [6.45, 7) is 1.88. The summed E-state index contributed by atoms with van der Waals surface area (Å²) in [6, 6.07) is 6.78. The number of carbonyl (C=O) groups is 1. The van der Waals surface area contributed by atoms with E-state index < -0.39 is 10.8 Å². The number of para-hydroxylation sites is 1. The molecule has 100 valence electrons. The zero-order valence-corrected chi connectivity index (χ0v) is 11.5. The quantitative estimate of drug-likeness (QED) is 0.815. The molecule has 4 nitrogen and oxygen atoms in total. The first-order valence-corrected chi connectivity index (χ1v) is 7.58. The van der Waals surface area contributed by atoms with Crippen LogP contribution in [-0.2, 0) is 22.0 Å². The molecule has 1 aromatic rings. The van der Waals surface area contributed by atoms with E-state index in [9.17, 15) is 14.1 Å². The molecule has 1 rings (SSSR count). The lowest BCUT2D eigenvalue weighted by molar-refractivity contribution is -0.121. The van der Waals surface area contributed by atoms with Crippen LogP contribution in [0.5, 0.6) is 5.75 Å². The van der Waals surface area contributed by atoms with Crippen molar-refractivity contribution in [3.8, 4) is 5.75 Å². The molecule has 2 N–H and O–H groups in total. The van der Waals surface area contributed by atoms with Gasteiger partial charge in [0.25, 0.3) is 0 Å². The Morgan fingerprint density at radius 2 is 2.11 bits per heavy atom.